The van der Waals surface area contributed by atoms with Gasteiger partial charge < -0.3 is 33.7 Å². The minimum atomic E-state index is -1.14. The molecule has 3 aromatic carbocycles. The maximum Gasteiger partial charge on any atom is 0.352 e. The third-order valence-corrected chi connectivity index (χ3v) is 13.1. The number of carboxylic acids is 1. The highest BCUT2D eigenvalue weighted by atomic mass is 35.5. The lowest BCUT2D eigenvalue weighted by Crippen LogP contribution is -2.50. The van der Waals surface area contributed by atoms with Crippen LogP contribution in [-0.2, 0) is 25.3 Å². The molecule has 312 valence electrons. The number of rotatable bonds is 9. The minimum Gasteiger partial charge on any atom is -0.494 e. The largest absolute Gasteiger partial charge is 0.494 e. The van der Waals surface area contributed by atoms with Gasteiger partial charge in [0, 0.05) is 85.0 Å². The van der Waals surface area contributed by atoms with Crippen LogP contribution in [0.3, 0.4) is 0 Å². The molecule has 1 fully saturated rings. The first-order valence-corrected chi connectivity index (χ1v) is 20.7. The fourth-order valence-electron chi connectivity index (χ4n) is 9.07. The lowest BCUT2D eigenvalue weighted by Gasteiger charge is -2.35. The van der Waals surface area contributed by atoms with Crippen LogP contribution in [0.15, 0.2) is 42.5 Å². The normalized spacial score (nSPS) is 15.8. The smallest absolute Gasteiger partial charge is 0.352 e. The molecule has 0 spiro atoms. The van der Waals surface area contributed by atoms with Crippen molar-refractivity contribution in [3.63, 3.8) is 0 Å². The Morgan fingerprint density at radius 1 is 0.933 bits per heavy atom. The van der Waals surface area contributed by atoms with Crippen LogP contribution in [-0.4, -0.2) is 97.3 Å². The summed E-state index contributed by atoms with van der Waals surface area (Å²) in [7, 11) is 5.24. The van der Waals surface area contributed by atoms with E-state index in [1.165, 1.54) is 11.0 Å². The molecule has 3 amide bonds. The number of likely N-dealkylation sites (N-methyl/N-ethyl adjacent to an activating group) is 1. The van der Waals surface area contributed by atoms with Crippen LogP contribution < -0.4 is 9.64 Å². The maximum absolute atomic E-state index is 15.5. The van der Waals surface area contributed by atoms with Gasteiger partial charge in [-0.15, -0.1) is 0 Å². The average Bonchev–Trinajstić information content (AvgIpc) is 3.81. The summed E-state index contributed by atoms with van der Waals surface area (Å²) in [4.78, 5) is 59.5. The Hall–Kier alpha value is -5.79. The molecule has 1 saturated heterocycles. The molecule has 0 saturated carbocycles. The number of ether oxygens (including phenoxy) is 1. The van der Waals surface area contributed by atoms with Crippen molar-refractivity contribution in [1.82, 2.24) is 28.7 Å². The van der Waals surface area contributed by atoms with Crippen LogP contribution in [0.25, 0.3) is 32.9 Å². The lowest BCUT2D eigenvalue weighted by molar-refractivity contribution is -0.133. The second-order valence-corrected chi connectivity index (χ2v) is 16.9. The molecule has 0 aliphatic carbocycles. The van der Waals surface area contributed by atoms with Gasteiger partial charge in [0.2, 0.25) is 5.91 Å². The van der Waals surface area contributed by atoms with E-state index in [0.29, 0.717) is 70.6 Å². The number of aromatic carboxylic acids is 1. The third-order valence-electron chi connectivity index (χ3n) is 12.2. The molecule has 0 bridgehead atoms. The molecule has 8 rings (SSSR count). The molecular weight excluding hydrogens is 805 g/mol. The Labute approximate surface area is 357 Å². The van der Waals surface area contributed by atoms with Gasteiger partial charge in [0.25, 0.3) is 11.8 Å². The number of piperazine rings is 1. The number of benzene rings is 3. The molecule has 3 aromatic heterocycles. The summed E-state index contributed by atoms with van der Waals surface area (Å²) >= 11 is 13.6. The van der Waals surface area contributed by atoms with Gasteiger partial charge in [0.15, 0.2) is 0 Å². The maximum atomic E-state index is 15.5. The van der Waals surface area contributed by atoms with E-state index in [1.54, 1.807) is 40.6 Å². The number of halogens is 2. The predicted octanol–water partition coefficient (Wildman–Crippen LogP) is 7.92. The highest BCUT2D eigenvalue weighted by molar-refractivity contribution is 6.35. The Morgan fingerprint density at radius 3 is 2.30 bits per heavy atom. The molecule has 2 aliphatic rings. The predicted molar refractivity (Wildman–Crippen MR) is 233 cm³/mol. The number of aryl methyl sites for hydroxylation is 6. The zero-order valence-corrected chi connectivity index (χ0v) is 36.5. The average molecular weight is 853 g/mol. The van der Waals surface area contributed by atoms with E-state index >= 15 is 4.79 Å². The number of aromatic nitrogens is 4. The highest BCUT2D eigenvalue weighted by Crippen LogP contribution is 2.46. The topological polar surface area (TPSA) is 135 Å². The zero-order chi connectivity index (χ0) is 43.1. The van der Waals surface area contributed by atoms with Crippen molar-refractivity contribution < 1.29 is 29.0 Å². The first-order chi connectivity index (χ1) is 28.5. The number of amides is 3. The molecule has 13 nitrogen and oxygen atoms in total. The fourth-order valence-corrected chi connectivity index (χ4v) is 9.42. The summed E-state index contributed by atoms with van der Waals surface area (Å²) in [6.45, 7) is 11.1. The lowest BCUT2D eigenvalue weighted by atomic mass is 9.98. The monoisotopic (exact) mass is 851 g/mol. The molecular formula is C45H47Cl2N7O6. The van der Waals surface area contributed by atoms with Gasteiger partial charge in [-0.2, -0.15) is 5.10 Å². The first kappa shape index (κ1) is 41.0. The van der Waals surface area contributed by atoms with Crippen LogP contribution in [0.5, 0.6) is 5.75 Å². The summed E-state index contributed by atoms with van der Waals surface area (Å²) in [5, 5.41) is 17.5. The van der Waals surface area contributed by atoms with Crippen molar-refractivity contribution in [2.75, 3.05) is 44.7 Å². The van der Waals surface area contributed by atoms with E-state index in [2.05, 4.69) is 4.57 Å². The first-order valence-electron chi connectivity index (χ1n) is 20.0. The molecule has 60 heavy (non-hydrogen) atoms. The van der Waals surface area contributed by atoms with Crippen molar-refractivity contribution >= 4 is 74.4 Å². The van der Waals surface area contributed by atoms with Crippen LogP contribution in [0.2, 0.25) is 10.0 Å². The SMILES string of the molecule is Cc1cc(OCCCc2c3n(c4c(-c5c(C)nn(C)c5C)c(Cl)ccc24)C(C)CN(c2cc(C(=O)N4CCN(C)C(=O)C4)cc4cc(C(=O)O)n(C)c24)C3=O)cc(C)c1Cl. The molecule has 1 unspecified atom stereocenters. The molecule has 2 aliphatic heterocycles. The highest BCUT2D eigenvalue weighted by Gasteiger charge is 2.38. The summed E-state index contributed by atoms with van der Waals surface area (Å²) in [6.07, 6.45) is 1.07. The Bertz CT molecular complexity index is 2790. The van der Waals surface area contributed by atoms with Crippen LogP contribution in [0, 0.1) is 27.7 Å². The quantitative estimate of drug-likeness (QED) is 0.146. The second-order valence-electron chi connectivity index (χ2n) is 16.1. The van der Waals surface area contributed by atoms with Crippen molar-refractivity contribution in [2.45, 2.75) is 53.5 Å². The third kappa shape index (κ3) is 6.68. The van der Waals surface area contributed by atoms with Gasteiger partial charge in [0.05, 0.1) is 34.0 Å². The standard InChI is InChI=1S/C45H47Cl2N7O6/c1-23-16-30(17-24(2)39(23)47)60-15-9-10-31-32-11-12-33(46)38(37-26(4)48-51(8)27(37)5)41(32)54-25(3)21-53(44(57)42(31)54)34-20-29(43(56)52-14-13-49(6)36(55)22-52)18-28-19-35(45(58)59)50(7)40(28)34/h11-12,16-20,25H,9-10,13-15,21-22H2,1-8H3,(H,58,59). The molecule has 1 N–H and O–H groups in total. The van der Waals surface area contributed by atoms with E-state index in [9.17, 15) is 19.5 Å². The van der Waals surface area contributed by atoms with Crippen LogP contribution in [0.1, 0.15) is 78.8 Å². The van der Waals surface area contributed by atoms with Gasteiger partial charge in [0.1, 0.15) is 23.7 Å². The number of carbonyl (C=O) groups is 4. The Morgan fingerprint density at radius 2 is 1.65 bits per heavy atom. The summed E-state index contributed by atoms with van der Waals surface area (Å²) in [6, 6.07) is 12.2. The zero-order valence-electron chi connectivity index (χ0n) is 34.9. The molecule has 15 heteroatoms. The number of carboxylic acid groups (broad SMARTS) is 1. The number of anilines is 1. The van der Waals surface area contributed by atoms with Crippen molar-refractivity contribution in [3.8, 4) is 16.9 Å². The van der Waals surface area contributed by atoms with Gasteiger partial charge >= 0.3 is 5.97 Å². The van der Waals surface area contributed by atoms with Crippen molar-refractivity contribution in [3.05, 3.63) is 97.5 Å². The minimum absolute atomic E-state index is 0.00509. The number of hydrogen-bond acceptors (Lipinski definition) is 6. The number of carbonyl (C=O) groups excluding carboxylic acids is 3. The van der Waals surface area contributed by atoms with Crippen LogP contribution >= 0.6 is 23.2 Å². The van der Waals surface area contributed by atoms with E-state index < -0.39 is 5.97 Å². The second kappa shape index (κ2) is 15.3. The molecule has 6 aromatic rings. The van der Waals surface area contributed by atoms with Gasteiger partial charge in [-0.1, -0.05) is 29.3 Å². The summed E-state index contributed by atoms with van der Waals surface area (Å²) in [5.41, 5.74) is 8.59. The number of fused-ring (bicyclic) bond motifs is 4. The number of nitrogens with zero attached hydrogens (tertiary/aromatic N) is 7. The van der Waals surface area contributed by atoms with E-state index in [-0.39, 0.29) is 48.1 Å². The molecule has 5 heterocycles. The van der Waals surface area contributed by atoms with E-state index in [1.807, 2.05) is 70.6 Å². The van der Waals surface area contributed by atoms with Gasteiger partial charge in [-0.25, -0.2) is 4.79 Å². The Balaban J connectivity index is 1.29. The van der Waals surface area contributed by atoms with Gasteiger partial charge in [-0.3, -0.25) is 19.1 Å². The van der Waals surface area contributed by atoms with Crippen molar-refractivity contribution in [1.29, 1.82) is 0 Å². The fraction of sp³-hybridized carbons (Fsp3) is 0.356. The van der Waals surface area contributed by atoms with Gasteiger partial charge in [-0.05, 0) is 101 Å². The summed E-state index contributed by atoms with van der Waals surface area (Å²) < 4.78 is 11.7. The Kier molecular flexibility index (Phi) is 10.5. The van der Waals surface area contributed by atoms with Crippen LogP contribution in [0.4, 0.5) is 5.69 Å². The van der Waals surface area contributed by atoms with E-state index in [0.717, 1.165) is 50.1 Å². The van der Waals surface area contributed by atoms with E-state index in [4.69, 9.17) is 33.0 Å². The van der Waals surface area contributed by atoms with Crippen molar-refractivity contribution in [2.24, 2.45) is 14.1 Å². The molecule has 0 radical (unpaired) electrons. The number of hydrogen-bond donors (Lipinski definition) is 1. The summed E-state index contributed by atoms with van der Waals surface area (Å²) in [5.74, 6) is -1.28. The molecule has 1 atom stereocenters.